The van der Waals surface area contributed by atoms with Crippen LogP contribution in [0.15, 0.2) is 60.7 Å². The Morgan fingerprint density at radius 2 is 1.70 bits per heavy atom. The second-order valence-corrected chi connectivity index (χ2v) is 6.97. The molecule has 0 unspecified atom stereocenters. The number of nitrogens with zero attached hydrogens (tertiary/aromatic N) is 1. The van der Waals surface area contributed by atoms with Crippen molar-refractivity contribution in [1.29, 1.82) is 0 Å². The summed E-state index contributed by atoms with van der Waals surface area (Å²) in [5.74, 6) is 1.53. The Hall–Kier alpha value is -3.01. The van der Waals surface area contributed by atoms with Crippen LogP contribution in [-0.2, 0) is 0 Å². The molecule has 0 saturated carbocycles. The molecule has 0 fully saturated rings. The molecule has 0 saturated heterocycles. The Bertz CT molecular complexity index is 949. The van der Waals surface area contributed by atoms with Gasteiger partial charge in [0.25, 0.3) is 5.91 Å². The van der Waals surface area contributed by atoms with Gasteiger partial charge in [-0.25, -0.2) is 0 Å². The first-order valence-electron chi connectivity index (χ1n) is 9.07. The van der Waals surface area contributed by atoms with Gasteiger partial charge in [-0.2, -0.15) is 0 Å². The van der Waals surface area contributed by atoms with Crippen molar-refractivity contribution in [2.45, 2.75) is 13.8 Å². The van der Waals surface area contributed by atoms with E-state index in [0.717, 1.165) is 16.5 Å². The lowest BCUT2D eigenvalue weighted by Gasteiger charge is -2.19. The van der Waals surface area contributed by atoms with Crippen molar-refractivity contribution in [3.05, 3.63) is 66.2 Å². The molecular weight excluding hydrogens is 338 g/mol. The summed E-state index contributed by atoms with van der Waals surface area (Å²) in [6.45, 7) is 4.77. The van der Waals surface area contributed by atoms with Gasteiger partial charge in [0.2, 0.25) is 0 Å². The number of hydrogen-bond acceptors (Lipinski definition) is 3. The van der Waals surface area contributed by atoms with Crippen molar-refractivity contribution in [3.63, 3.8) is 0 Å². The van der Waals surface area contributed by atoms with Crippen LogP contribution in [0.25, 0.3) is 10.8 Å². The summed E-state index contributed by atoms with van der Waals surface area (Å²) < 4.78 is 11.2. The fraction of sp³-hybridized carbons (Fsp3) is 0.261. The summed E-state index contributed by atoms with van der Waals surface area (Å²) in [7, 11) is 3.36. The number of ether oxygens (including phenoxy) is 2. The Kier molecular flexibility index (Phi) is 5.65. The topological polar surface area (TPSA) is 38.8 Å². The first-order valence-corrected chi connectivity index (χ1v) is 9.07. The van der Waals surface area contributed by atoms with Crippen LogP contribution in [0.5, 0.6) is 11.5 Å². The van der Waals surface area contributed by atoms with Crippen LogP contribution in [-0.4, -0.2) is 26.7 Å². The zero-order valence-electron chi connectivity index (χ0n) is 16.2. The summed E-state index contributed by atoms with van der Waals surface area (Å²) in [6, 6.07) is 19.4. The average molecular weight is 363 g/mol. The molecule has 140 valence electrons. The van der Waals surface area contributed by atoms with E-state index in [-0.39, 0.29) is 5.91 Å². The predicted molar refractivity (Wildman–Crippen MR) is 110 cm³/mol. The summed E-state index contributed by atoms with van der Waals surface area (Å²) >= 11 is 0. The van der Waals surface area contributed by atoms with Gasteiger partial charge in [0.15, 0.2) is 11.5 Å². The Balaban J connectivity index is 1.85. The third-order valence-electron chi connectivity index (χ3n) is 4.41. The van der Waals surface area contributed by atoms with Gasteiger partial charge in [0, 0.05) is 18.3 Å². The molecule has 0 spiro atoms. The molecule has 0 aliphatic carbocycles. The fourth-order valence-electron chi connectivity index (χ4n) is 2.87. The maximum absolute atomic E-state index is 13.0. The molecule has 0 aliphatic heterocycles. The number of fused-ring (bicyclic) bond motifs is 1. The quantitative estimate of drug-likeness (QED) is 0.607. The van der Waals surface area contributed by atoms with Crippen LogP contribution in [0.2, 0.25) is 0 Å². The Labute approximate surface area is 160 Å². The molecular formula is C23H25NO3. The van der Waals surface area contributed by atoms with Gasteiger partial charge in [-0.15, -0.1) is 0 Å². The maximum Gasteiger partial charge on any atom is 0.258 e. The highest BCUT2D eigenvalue weighted by Crippen LogP contribution is 2.30. The Morgan fingerprint density at radius 1 is 0.963 bits per heavy atom. The first-order chi connectivity index (χ1) is 13.0. The zero-order chi connectivity index (χ0) is 19.4. The number of benzene rings is 3. The van der Waals surface area contributed by atoms with Crippen molar-refractivity contribution in [2.75, 3.05) is 25.7 Å². The second kappa shape index (κ2) is 8.12. The van der Waals surface area contributed by atoms with Crippen LogP contribution < -0.4 is 14.4 Å². The molecule has 0 heterocycles. The first kappa shape index (κ1) is 18.8. The minimum absolute atomic E-state index is 0.0982. The van der Waals surface area contributed by atoms with Crippen LogP contribution >= 0.6 is 0 Å². The third kappa shape index (κ3) is 4.22. The standard InChI is InChI=1S/C23H25NO3/c1-16(2)15-27-21-12-10-19(14-22(21)26-4)23(25)24(3)20-11-9-17-7-5-6-8-18(17)13-20/h5-14,16H,15H2,1-4H3. The van der Waals surface area contributed by atoms with Gasteiger partial charge in [0.1, 0.15) is 0 Å². The lowest BCUT2D eigenvalue weighted by atomic mass is 10.1. The molecule has 0 bridgehead atoms. The van der Waals surface area contributed by atoms with E-state index in [1.165, 1.54) is 0 Å². The Morgan fingerprint density at radius 3 is 2.41 bits per heavy atom. The summed E-state index contributed by atoms with van der Waals surface area (Å²) in [5.41, 5.74) is 1.40. The van der Waals surface area contributed by atoms with E-state index < -0.39 is 0 Å². The van der Waals surface area contributed by atoms with E-state index in [1.807, 2.05) is 36.4 Å². The third-order valence-corrected chi connectivity index (χ3v) is 4.41. The van der Waals surface area contributed by atoms with Crippen molar-refractivity contribution < 1.29 is 14.3 Å². The van der Waals surface area contributed by atoms with E-state index in [1.54, 1.807) is 37.3 Å². The molecule has 3 rings (SSSR count). The van der Waals surface area contributed by atoms with E-state index in [0.29, 0.717) is 29.6 Å². The van der Waals surface area contributed by atoms with Gasteiger partial charge in [0.05, 0.1) is 13.7 Å². The summed E-state index contributed by atoms with van der Waals surface area (Å²) in [6.07, 6.45) is 0. The molecule has 0 atom stereocenters. The van der Waals surface area contributed by atoms with Crippen LogP contribution in [0.4, 0.5) is 5.69 Å². The second-order valence-electron chi connectivity index (χ2n) is 6.97. The molecule has 27 heavy (non-hydrogen) atoms. The van der Waals surface area contributed by atoms with Crippen molar-refractivity contribution in [1.82, 2.24) is 0 Å². The molecule has 0 radical (unpaired) electrons. The number of carbonyl (C=O) groups excluding carboxylic acids is 1. The number of rotatable bonds is 6. The predicted octanol–water partition coefficient (Wildman–Crippen LogP) is 5.16. The highest BCUT2D eigenvalue weighted by molar-refractivity contribution is 6.07. The number of hydrogen-bond donors (Lipinski definition) is 0. The van der Waals surface area contributed by atoms with Gasteiger partial charge in [-0.3, -0.25) is 4.79 Å². The number of amides is 1. The van der Waals surface area contributed by atoms with E-state index in [2.05, 4.69) is 19.9 Å². The van der Waals surface area contributed by atoms with Crippen LogP contribution in [0.1, 0.15) is 24.2 Å². The fourth-order valence-corrected chi connectivity index (χ4v) is 2.87. The number of carbonyl (C=O) groups is 1. The normalized spacial score (nSPS) is 10.9. The van der Waals surface area contributed by atoms with Gasteiger partial charge >= 0.3 is 0 Å². The highest BCUT2D eigenvalue weighted by Gasteiger charge is 2.17. The molecule has 1 amide bonds. The molecule has 0 N–H and O–H groups in total. The maximum atomic E-state index is 13.0. The largest absolute Gasteiger partial charge is 0.493 e. The zero-order valence-corrected chi connectivity index (χ0v) is 16.2. The molecule has 4 nitrogen and oxygen atoms in total. The molecule has 3 aromatic rings. The molecule has 4 heteroatoms. The monoisotopic (exact) mass is 363 g/mol. The van der Waals surface area contributed by atoms with Crippen LogP contribution in [0, 0.1) is 5.92 Å². The highest BCUT2D eigenvalue weighted by atomic mass is 16.5. The lowest BCUT2D eigenvalue weighted by Crippen LogP contribution is -2.26. The van der Waals surface area contributed by atoms with E-state index >= 15 is 0 Å². The SMILES string of the molecule is COc1cc(C(=O)N(C)c2ccc3ccccc3c2)ccc1OCC(C)C. The van der Waals surface area contributed by atoms with E-state index in [9.17, 15) is 4.79 Å². The van der Waals surface area contributed by atoms with Gasteiger partial charge in [-0.1, -0.05) is 44.2 Å². The number of anilines is 1. The number of methoxy groups -OCH3 is 1. The summed E-state index contributed by atoms with van der Waals surface area (Å²) in [5, 5.41) is 2.25. The molecule has 3 aromatic carbocycles. The van der Waals surface area contributed by atoms with E-state index in [4.69, 9.17) is 9.47 Å². The molecule has 0 aromatic heterocycles. The van der Waals surface area contributed by atoms with Gasteiger partial charge < -0.3 is 14.4 Å². The molecule has 0 aliphatic rings. The van der Waals surface area contributed by atoms with Crippen molar-refractivity contribution in [3.8, 4) is 11.5 Å². The van der Waals surface area contributed by atoms with Gasteiger partial charge in [-0.05, 0) is 47.0 Å². The lowest BCUT2D eigenvalue weighted by molar-refractivity contribution is 0.0992. The van der Waals surface area contributed by atoms with Crippen molar-refractivity contribution >= 4 is 22.4 Å². The average Bonchev–Trinajstić information content (AvgIpc) is 2.70. The minimum atomic E-state index is -0.0982. The van der Waals surface area contributed by atoms with Crippen molar-refractivity contribution in [2.24, 2.45) is 5.92 Å². The minimum Gasteiger partial charge on any atom is -0.493 e. The van der Waals surface area contributed by atoms with Crippen LogP contribution in [0.3, 0.4) is 0 Å². The smallest absolute Gasteiger partial charge is 0.258 e. The summed E-state index contributed by atoms with van der Waals surface area (Å²) in [4.78, 5) is 14.6.